The Morgan fingerprint density at radius 1 is 1.06 bits per heavy atom. The van der Waals surface area contributed by atoms with Crippen LogP contribution in [0.2, 0.25) is 0 Å². The highest BCUT2D eigenvalue weighted by Crippen LogP contribution is 2.28. The van der Waals surface area contributed by atoms with Gasteiger partial charge in [0.15, 0.2) is 0 Å². The second-order valence-electron chi connectivity index (χ2n) is 10.2. The molecule has 9 nitrogen and oxygen atoms in total. The smallest absolute Gasteiger partial charge is 0.320 e. The van der Waals surface area contributed by atoms with E-state index in [9.17, 15) is 4.79 Å². The van der Waals surface area contributed by atoms with E-state index in [4.69, 9.17) is 4.84 Å². The molecule has 1 saturated heterocycles. The zero-order chi connectivity index (χ0) is 24.6. The minimum absolute atomic E-state index is 0.127. The number of fused-ring (bicyclic) bond motifs is 1. The SMILES string of the molecule is CN1CCN(c2ccc3ncn(-c4ccc(NC(=O)NC5C=C(C(C)(C)C)ON5)cc4)c3c2)CC1. The average Bonchev–Trinajstić information content (AvgIpc) is 3.47. The molecule has 3 N–H and O–H groups in total. The van der Waals surface area contributed by atoms with Crippen LogP contribution in [-0.4, -0.2) is 59.9 Å². The highest BCUT2D eigenvalue weighted by molar-refractivity contribution is 5.89. The Bertz CT molecular complexity index is 1230. The van der Waals surface area contributed by atoms with Crippen LogP contribution in [-0.2, 0) is 4.84 Å². The number of hydroxylamine groups is 1. The van der Waals surface area contributed by atoms with Gasteiger partial charge in [-0.05, 0) is 55.6 Å². The van der Waals surface area contributed by atoms with Crippen LogP contribution in [0.1, 0.15) is 20.8 Å². The number of likely N-dealkylation sites (N-methyl/N-ethyl adjacent to an activating group) is 1. The molecule has 35 heavy (non-hydrogen) atoms. The van der Waals surface area contributed by atoms with E-state index < -0.39 is 0 Å². The molecule has 2 aromatic carbocycles. The van der Waals surface area contributed by atoms with Crippen molar-refractivity contribution in [2.75, 3.05) is 43.4 Å². The lowest BCUT2D eigenvalue weighted by molar-refractivity contribution is 0.0755. The lowest BCUT2D eigenvalue weighted by atomic mass is 9.94. The van der Waals surface area contributed by atoms with E-state index in [1.165, 1.54) is 5.69 Å². The lowest BCUT2D eigenvalue weighted by Gasteiger charge is -2.34. The second kappa shape index (κ2) is 9.24. The fourth-order valence-electron chi connectivity index (χ4n) is 4.30. The first-order valence-corrected chi connectivity index (χ1v) is 12.0. The van der Waals surface area contributed by atoms with E-state index in [1.807, 2.05) is 36.7 Å². The maximum Gasteiger partial charge on any atom is 0.320 e. The summed E-state index contributed by atoms with van der Waals surface area (Å²) in [5.74, 6) is 0.801. The van der Waals surface area contributed by atoms with Crippen molar-refractivity contribution < 1.29 is 9.63 Å². The first-order chi connectivity index (χ1) is 16.8. The van der Waals surface area contributed by atoms with Crippen molar-refractivity contribution in [1.82, 2.24) is 25.2 Å². The van der Waals surface area contributed by atoms with Crippen molar-refractivity contribution in [2.45, 2.75) is 26.9 Å². The van der Waals surface area contributed by atoms with Gasteiger partial charge in [-0.2, -0.15) is 0 Å². The molecule has 1 aromatic heterocycles. The number of allylic oxidation sites excluding steroid dienone is 1. The van der Waals surface area contributed by atoms with Crippen LogP contribution in [0.3, 0.4) is 0 Å². The van der Waals surface area contributed by atoms with Crippen LogP contribution in [0, 0.1) is 5.41 Å². The maximum atomic E-state index is 12.5. The Hall–Kier alpha value is -3.56. The summed E-state index contributed by atoms with van der Waals surface area (Å²) in [6, 6.07) is 13.9. The van der Waals surface area contributed by atoms with Gasteiger partial charge in [0, 0.05) is 48.7 Å². The molecule has 1 fully saturated rings. The predicted octanol–water partition coefficient (Wildman–Crippen LogP) is 3.69. The Morgan fingerprint density at radius 2 is 1.77 bits per heavy atom. The quantitative estimate of drug-likeness (QED) is 0.534. The number of nitrogens with one attached hydrogen (secondary N) is 3. The number of imidazole rings is 1. The van der Waals surface area contributed by atoms with Gasteiger partial charge < -0.3 is 25.3 Å². The first kappa shape index (κ1) is 23.2. The van der Waals surface area contributed by atoms with Gasteiger partial charge in [-0.25, -0.2) is 9.78 Å². The third kappa shape index (κ3) is 5.11. The number of urea groups is 1. The third-order valence-corrected chi connectivity index (χ3v) is 6.44. The minimum Gasteiger partial charge on any atom is -0.410 e. The number of anilines is 2. The molecule has 9 heteroatoms. The predicted molar refractivity (Wildman–Crippen MR) is 138 cm³/mol. The molecule has 3 heterocycles. The van der Waals surface area contributed by atoms with Crippen LogP contribution in [0.4, 0.5) is 16.2 Å². The van der Waals surface area contributed by atoms with E-state index in [2.05, 4.69) is 81.5 Å². The second-order valence-corrected chi connectivity index (χ2v) is 10.2. The Labute approximate surface area is 205 Å². The molecule has 1 atom stereocenters. The van der Waals surface area contributed by atoms with Crippen LogP contribution >= 0.6 is 0 Å². The zero-order valence-corrected chi connectivity index (χ0v) is 20.7. The number of hydrogen-bond acceptors (Lipinski definition) is 6. The summed E-state index contributed by atoms with van der Waals surface area (Å²) >= 11 is 0. The summed E-state index contributed by atoms with van der Waals surface area (Å²) in [7, 11) is 2.16. The van der Waals surface area contributed by atoms with Gasteiger partial charge in [-0.15, -0.1) is 5.48 Å². The number of aromatic nitrogens is 2. The zero-order valence-electron chi connectivity index (χ0n) is 20.7. The fraction of sp³-hybridized carbons (Fsp3) is 0.385. The van der Waals surface area contributed by atoms with Crippen molar-refractivity contribution in [1.29, 1.82) is 0 Å². The fourth-order valence-corrected chi connectivity index (χ4v) is 4.30. The number of amides is 2. The number of benzene rings is 2. The topological polar surface area (TPSA) is 86.7 Å². The molecule has 5 rings (SSSR count). The van der Waals surface area contributed by atoms with Gasteiger partial charge in [-0.1, -0.05) is 20.8 Å². The molecule has 184 valence electrons. The Balaban J connectivity index is 1.26. The first-order valence-electron chi connectivity index (χ1n) is 12.0. The Kier molecular flexibility index (Phi) is 6.12. The van der Waals surface area contributed by atoms with Crippen molar-refractivity contribution in [2.24, 2.45) is 5.41 Å². The molecule has 3 aromatic rings. The maximum absolute atomic E-state index is 12.5. The summed E-state index contributed by atoms with van der Waals surface area (Å²) in [6.07, 6.45) is 3.34. The number of rotatable bonds is 4. The van der Waals surface area contributed by atoms with Gasteiger partial charge in [-0.3, -0.25) is 4.57 Å². The number of piperazine rings is 1. The van der Waals surface area contributed by atoms with Crippen LogP contribution in [0.5, 0.6) is 0 Å². The molecule has 2 aliphatic rings. The standard InChI is InChI=1S/C26H33N7O2/c1-26(2,3)23-16-24(30-35-23)29-25(34)28-18-5-7-19(8-6-18)33-17-27-21-10-9-20(15-22(21)33)32-13-11-31(4)12-14-32/h5-10,15-17,24,30H,11-14H2,1-4H3,(H2,28,29,34). The number of hydrogen-bond donors (Lipinski definition) is 3. The Morgan fingerprint density at radius 3 is 2.46 bits per heavy atom. The molecule has 0 aliphatic carbocycles. The normalized spacial score (nSPS) is 18.9. The van der Waals surface area contributed by atoms with Crippen molar-refractivity contribution in [3.63, 3.8) is 0 Å². The molecular formula is C26H33N7O2. The summed E-state index contributed by atoms with van der Waals surface area (Å²) < 4.78 is 2.08. The van der Waals surface area contributed by atoms with E-state index >= 15 is 0 Å². The molecular weight excluding hydrogens is 442 g/mol. The average molecular weight is 476 g/mol. The number of nitrogens with zero attached hydrogens (tertiary/aromatic N) is 4. The van der Waals surface area contributed by atoms with Crippen molar-refractivity contribution >= 4 is 28.4 Å². The van der Waals surface area contributed by atoms with Crippen LogP contribution in [0.25, 0.3) is 16.7 Å². The highest BCUT2D eigenvalue weighted by Gasteiger charge is 2.27. The summed E-state index contributed by atoms with van der Waals surface area (Å²) in [6.45, 7) is 10.3. The van der Waals surface area contributed by atoms with Gasteiger partial charge in [0.05, 0.1) is 11.0 Å². The molecule has 0 spiro atoms. The third-order valence-electron chi connectivity index (χ3n) is 6.44. The molecule has 0 bridgehead atoms. The van der Waals surface area contributed by atoms with E-state index in [1.54, 1.807) is 0 Å². The van der Waals surface area contributed by atoms with E-state index in [0.29, 0.717) is 5.69 Å². The van der Waals surface area contributed by atoms with Gasteiger partial charge in [0.2, 0.25) is 0 Å². The lowest BCUT2D eigenvalue weighted by Crippen LogP contribution is -2.44. The largest absolute Gasteiger partial charge is 0.410 e. The van der Waals surface area contributed by atoms with Crippen molar-refractivity contribution in [3.8, 4) is 5.69 Å². The van der Waals surface area contributed by atoms with Crippen LogP contribution in [0.15, 0.2) is 60.6 Å². The van der Waals surface area contributed by atoms with Gasteiger partial charge >= 0.3 is 6.03 Å². The molecule has 2 aliphatic heterocycles. The van der Waals surface area contributed by atoms with E-state index in [-0.39, 0.29) is 17.6 Å². The highest BCUT2D eigenvalue weighted by atomic mass is 16.7. The number of carbonyl (C=O) groups is 1. The minimum atomic E-state index is -0.379. The monoisotopic (exact) mass is 475 g/mol. The summed E-state index contributed by atoms with van der Waals surface area (Å²) in [5.41, 5.74) is 7.62. The molecule has 1 unspecified atom stereocenters. The number of carbonyl (C=O) groups excluding carboxylic acids is 1. The molecule has 2 amide bonds. The van der Waals surface area contributed by atoms with Gasteiger partial charge in [0.25, 0.3) is 0 Å². The van der Waals surface area contributed by atoms with Crippen molar-refractivity contribution in [3.05, 3.63) is 60.6 Å². The van der Waals surface area contributed by atoms with Gasteiger partial charge in [0.1, 0.15) is 18.3 Å². The van der Waals surface area contributed by atoms with E-state index in [0.717, 1.165) is 48.7 Å². The summed E-state index contributed by atoms with van der Waals surface area (Å²) in [4.78, 5) is 27.3. The van der Waals surface area contributed by atoms with Crippen LogP contribution < -0.4 is 21.0 Å². The molecule has 0 saturated carbocycles. The summed E-state index contributed by atoms with van der Waals surface area (Å²) in [5, 5.41) is 5.73. The molecule has 0 radical (unpaired) electrons.